The molecule has 0 aliphatic heterocycles. The fourth-order valence-corrected chi connectivity index (χ4v) is 1.85. The molecule has 0 spiro atoms. The largest absolute Gasteiger partial charge is 0.237 e. The molecule has 0 aliphatic rings. The van der Waals surface area contributed by atoms with Crippen molar-refractivity contribution in [2.75, 3.05) is 0 Å². The summed E-state index contributed by atoms with van der Waals surface area (Å²) in [5, 5.41) is 0.583. The van der Waals surface area contributed by atoms with Crippen molar-refractivity contribution < 1.29 is 0 Å². The van der Waals surface area contributed by atoms with Crippen molar-refractivity contribution >= 4 is 34.2 Å². The molecule has 0 aromatic carbocycles. The molecule has 0 unspecified atom stereocenters. The number of rotatable bonds is 3. The third-order valence-electron chi connectivity index (χ3n) is 2.34. The van der Waals surface area contributed by atoms with E-state index >= 15 is 0 Å². The zero-order valence-electron chi connectivity index (χ0n) is 8.64. The van der Waals surface area contributed by atoms with Crippen molar-refractivity contribution in [1.29, 1.82) is 0 Å². The lowest BCUT2D eigenvalue weighted by molar-refractivity contribution is 0.598. The van der Waals surface area contributed by atoms with Gasteiger partial charge in [-0.3, -0.25) is 0 Å². The third kappa shape index (κ3) is 2.57. The van der Waals surface area contributed by atoms with Crippen molar-refractivity contribution in [1.82, 2.24) is 9.97 Å². The molecule has 14 heavy (non-hydrogen) atoms. The Balaban J connectivity index is 3.11. The number of halogens is 2. The van der Waals surface area contributed by atoms with Crippen LogP contribution in [-0.2, 0) is 0 Å². The van der Waals surface area contributed by atoms with Crippen LogP contribution in [0.15, 0.2) is 0 Å². The molecular weight excluding hydrogens is 310 g/mol. The predicted molar refractivity (Wildman–Crippen MR) is 67.8 cm³/mol. The van der Waals surface area contributed by atoms with E-state index in [1.54, 1.807) is 0 Å². The monoisotopic (exact) mass is 324 g/mol. The van der Waals surface area contributed by atoms with Gasteiger partial charge in [0.25, 0.3) is 0 Å². The molecule has 0 saturated heterocycles. The van der Waals surface area contributed by atoms with Gasteiger partial charge in [0.2, 0.25) is 0 Å². The highest BCUT2D eigenvalue weighted by atomic mass is 127. The lowest BCUT2D eigenvalue weighted by Gasteiger charge is -2.12. The molecule has 2 nitrogen and oxygen atoms in total. The number of hydrogen-bond acceptors (Lipinski definition) is 2. The summed E-state index contributed by atoms with van der Waals surface area (Å²) >= 11 is 8.19. The topological polar surface area (TPSA) is 25.8 Å². The Labute approximate surface area is 104 Å². The van der Waals surface area contributed by atoms with E-state index in [9.17, 15) is 0 Å². The quantitative estimate of drug-likeness (QED) is 0.621. The minimum atomic E-state index is 0.434. The Kier molecular flexibility index (Phi) is 4.57. The Morgan fingerprint density at radius 3 is 2.29 bits per heavy atom. The second-order valence-electron chi connectivity index (χ2n) is 3.29. The fourth-order valence-electron chi connectivity index (χ4n) is 1.38. The number of nitrogens with zero attached hydrogens (tertiary/aromatic N) is 2. The Morgan fingerprint density at radius 2 is 1.86 bits per heavy atom. The summed E-state index contributed by atoms with van der Waals surface area (Å²) in [6.45, 7) is 6.28. The van der Waals surface area contributed by atoms with Crippen LogP contribution >= 0.6 is 34.2 Å². The van der Waals surface area contributed by atoms with Crippen LogP contribution in [-0.4, -0.2) is 9.97 Å². The molecule has 0 atom stereocenters. The van der Waals surface area contributed by atoms with E-state index in [4.69, 9.17) is 11.6 Å². The average Bonchev–Trinajstić information content (AvgIpc) is 2.16. The second kappa shape index (κ2) is 5.26. The summed E-state index contributed by atoms with van der Waals surface area (Å²) in [4.78, 5) is 8.79. The van der Waals surface area contributed by atoms with Crippen molar-refractivity contribution in [3.63, 3.8) is 0 Å². The average molecular weight is 325 g/mol. The van der Waals surface area contributed by atoms with Gasteiger partial charge in [-0.2, -0.15) is 0 Å². The first kappa shape index (κ1) is 12.2. The summed E-state index contributed by atoms with van der Waals surface area (Å²) < 4.78 is 0.957. The van der Waals surface area contributed by atoms with E-state index < -0.39 is 0 Å². The van der Waals surface area contributed by atoms with Crippen LogP contribution < -0.4 is 0 Å². The third-order valence-corrected chi connectivity index (χ3v) is 4.23. The minimum absolute atomic E-state index is 0.434. The molecule has 78 valence electrons. The molecule has 0 N–H and O–H groups in total. The van der Waals surface area contributed by atoms with Crippen LogP contribution in [0.4, 0.5) is 0 Å². The zero-order chi connectivity index (χ0) is 10.7. The van der Waals surface area contributed by atoms with E-state index in [-0.39, 0.29) is 0 Å². The van der Waals surface area contributed by atoms with Gasteiger partial charge < -0.3 is 0 Å². The number of aromatic nitrogens is 2. The Morgan fingerprint density at radius 1 is 1.29 bits per heavy atom. The summed E-state index contributed by atoms with van der Waals surface area (Å²) in [6, 6.07) is 0. The van der Waals surface area contributed by atoms with Crippen LogP contribution in [0.25, 0.3) is 0 Å². The second-order valence-corrected chi connectivity index (χ2v) is 4.72. The number of hydrogen-bond donors (Lipinski definition) is 0. The molecule has 0 amide bonds. The maximum Gasteiger partial charge on any atom is 0.146 e. The molecule has 1 aromatic heterocycles. The molecule has 0 aliphatic carbocycles. The van der Waals surface area contributed by atoms with Crippen LogP contribution in [0.3, 0.4) is 0 Å². The fraction of sp³-hybridized carbons (Fsp3) is 0.600. The van der Waals surface area contributed by atoms with Crippen molar-refractivity contribution in [3.05, 3.63) is 20.2 Å². The van der Waals surface area contributed by atoms with Crippen molar-refractivity contribution in [3.8, 4) is 0 Å². The smallest absolute Gasteiger partial charge is 0.146 e. The molecule has 0 saturated carbocycles. The highest BCUT2D eigenvalue weighted by molar-refractivity contribution is 14.1. The van der Waals surface area contributed by atoms with E-state index in [0.717, 1.165) is 27.9 Å². The first-order chi connectivity index (χ1) is 6.60. The first-order valence-corrected chi connectivity index (χ1v) is 6.25. The van der Waals surface area contributed by atoms with E-state index in [0.29, 0.717) is 11.1 Å². The maximum absolute atomic E-state index is 6.02. The maximum atomic E-state index is 6.02. The molecule has 1 heterocycles. The van der Waals surface area contributed by atoms with Gasteiger partial charge in [-0.25, -0.2) is 9.97 Å². The van der Waals surface area contributed by atoms with Crippen molar-refractivity contribution in [2.45, 2.75) is 39.5 Å². The molecular formula is C10H14ClIN2. The lowest BCUT2D eigenvalue weighted by atomic mass is 10.0. The van der Waals surface area contributed by atoms with E-state index in [2.05, 4.69) is 46.4 Å². The van der Waals surface area contributed by atoms with Crippen LogP contribution in [0.2, 0.25) is 5.15 Å². The van der Waals surface area contributed by atoms with Gasteiger partial charge in [0, 0.05) is 5.92 Å². The highest BCUT2D eigenvalue weighted by Gasteiger charge is 2.13. The predicted octanol–water partition coefficient (Wildman–Crippen LogP) is 3.95. The Hall–Kier alpha value is 0.1000. The minimum Gasteiger partial charge on any atom is -0.237 e. The molecule has 1 rings (SSSR count). The molecule has 1 aromatic rings. The summed E-state index contributed by atoms with van der Waals surface area (Å²) in [6.07, 6.45) is 2.12. The van der Waals surface area contributed by atoms with Gasteiger partial charge in [0.05, 0.1) is 9.26 Å². The summed E-state index contributed by atoms with van der Waals surface area (Å²) in [5.74, 6) is 1.32. The Bertz CT molecular complexity index is 301. The highest BCUT2D eigenvalue weighted by Crippen LogP contribution is 2.24. The van der Waals surface area contributed by atoms with Crippen LogP contribution in [0.5, 0.6) is 0 Å². The van der Waals surface area contributed by atoms with Gasteiger partial charge in [-0.15, -0.1) is 0 Å². The first-order valence-electron chi connectivity index (χ1n) is 4.79. The van der Waals surface area contributed by atoms with Gasteiger partial charge >= 0.3 is 0 Å². The van der Waals surface area contributed by atoms with E-state index in [1.165, 1.54) is 0 Å². The molecule has 0 fully saturated rings. The summed E-state index contributed by atoms with van der Waals surface area (Å²) in [7, 11) is 0. The van der Waals surface area contributed by atoms with Crippen molar-refractivity contribution in [2.24, 2.45) is 0 Å². The van der Waals surface area contributed by atoms with Gasteiger partial charge in [-0.05, 0) is 42.4 Å². The van der Waals surface area contributed by atoms with Gasteiger partial charge in [-0.1, -0.05) is 25.4 Å². The van der Waals surface area contributed by atoms with E-state index in [1.807, 2.05) is 6.92 Å². The molecule has 0 radical (unpaired) electrons. The standard InChI is InChI=1S/C10H14ClIN2/c1-4-7(5-2)10-13-6(3)8(12)9(11)14-10/h7H,4-5H2,1-3H3. The van der Waals surface area contributed by atoms with Crippen LogP contribution in [0, 0.1) is 10.5 Å². The summed E-state index contributed by atoms with van der Waals surface area (Å²) in [5.41, 5.74) is 0.979. The zero-order valence-corrected chi connectivity index (χ0v) is 11.6. The number of aryl methyl sites for hydroxylation is 1. The van der Waals surface area contributed by atoms with Gasteiger partial charge in [0.15, 0.2) is 0 Å². The van der Waals surface area contributed by atoms with Crippen LogP contribution in [0.1, 0.15) is 44.1 Å². The lowest BCUT2D eigenvalue weighted by Crippen LogP contribution is -2.05. The molecule has 0 bridgehead atoms. The molecule has 4 heteroatoms. The normalized spacial score (nSPS) is 11.0. The SMILES string of the molecule is CCC(CC)c1nc(C)c(I)c(Cl)n1. The van der Waals surface area contributed by atoms with Gasteiger partial charge in [0.1, 0.15) is 11.0 Å².